The molecule has 0 aromatic carbocycles. The van der Waals surface area contributed by atoms with E-state index in [1.807, 2.05) is 0 Å². The first-order valence-corrected chi connectivity index (χ1v) is 3.70. The highest BCUT2D eigenvalue weighted by molar-refractivity contribution is 5.66. The minimum atomic E-state index is -0.779. The molecule has 1 unspecified atom stereocenters. The fourth-order valence-electron chi connectivity index (χ4n) is 0.988. The fourth-order valence-corrected chi connectivity index (χ4v) is 0.988. The lowest BCUT2D eigenvalue weighted by molar-refractivity contribution is -0.139. The van der Waals surface area contributed by atoms with Crippen molar-refractivity contribution in [2.24, 2.45) is 0 Å². The van der Waals surface area contributed by atoms with Crippen LogP contribution in [0.2, 0.25) is 0 Å². The van der Waals surface area contributed by atoms with Crippen LogP contribution in [0, 0.1) is 0 Å². The van der Waals surface area contributed by atoms with E-state index < -0.39 is 5.97 Å². The van der Waals surface area contributed by atoms with Gasteiger partial charge < -0.3 is 14.6 Å². The number of hydrogen-bond donors (Lipinski definition) is 1. The number of rotatable bonds is 3. The molecule has 1 fully saturated rings. The molecule has 1 saturated heterocycles. The summed E-state index contributed by atoms with van der Waals surface area (Å²) in [7, 11) is 0. The molecule has 1 heterocycles. The maximum Gasteiger partial charge on any atom is 0.303 e. The summed E-state index contributed by atoms with van der Waals surface area (Å²) in [6.45, 7) is 1.75. The standard InChI is InChI=1S/C7H12O4/c8-7(9)2-1-6-5-10-3-4-11-6/h6H,1-5H2,(H,8,9). The Balaban J connectivity index is 2.09. The molecule has 0 aliphatic carbocycles. The lowest BCUT2D eigenvalue weighted by Crippen LogP contribution is -2.28. The molecule has 0 amide bonds. The van der Waals surface area contributed by atoms with Crippen molar-refractivity contribution in [1.29, 1.82) is 0 Å². The Bertz CT molecular complexity index is 128. The van der Waals surface area contributed by atoms with Gasteiger partial charge in [0.2, 0.25) is 0 Å². The number of carboxylic acids is 1. The molecular formula is C7H12O4. The van der Waals surface area contributed by atoms with E-state index in [1.165, 1.54) is 0 Å². The van der Waals surface area contributed by atoms with Crippen molar-refractivity contribution in [2.75, 3.05) is 19.8 Å². The van der Waals surface area contributed by atoms with Crippen molar-refractivity contribution in [3.8, 4) is 0 Å². The Hall–Kier alpha value is -0.610. The van der Waals surface area contributed by atoms with Crippen LogP contribution in [0.5, 0.6) is 0 Å². The zero-order valence-corrected chi connectivity index (χ0v) is 6.28. The van der Waals surface area contributed by atoms with E-state index in [2.05, 4.69) is 0 Å². The lowest BCUT2D eigenvalue weighted by atomic mass is 10.2. The van der Waals surface area contributed by atoms with Crippen LogP contribution in [-0.2, 0) is 14.3 Å². The highest BCUT2D eigenvalue weighted by atomic mass is 16.6. The molecule has 0 aromatic heterocycles. The first kappa shape index (κ1) is 8.49. The average molecular weight is 160 g/mol. The number of aliphatic carboxylic acids is 1. The predicted molar refractivity (Wildman–Crippen MR) is 37.4 cm³/mol. The lowest BCUT2D eigenvalue weighted by Gasteiger charge is -2.21. The van der Waals surface area contributed by atoms with Gasteiger partial charge in [-0.25, -0.2) is 0 Å². The number of ether oxygens (including phenoxy) is 2. The molecule has 4 nitrogen and oxygen atoms in total. The zero-order valence-electron chi connectivity index (χ0n) is 6.28. The summed E-state index contributed by atoms with van der Waals surface area (Å²) in [5.41, 5.74) is 0. The Morgan fingerprint density at radius 3 is 2.91 bits per heavy atom. The summed E-state index contributed by atoms with van der Waals surface area (Å²) in [5.74, 6) is -0.779. The van der Waals surface area contributed by atoms with Crippen molar-refractivity contribution in [1.82, 2.24) is 0 Å². The molecule has 0 bridgehead atoms. The highest BCUT2D eigenvalue weighted by Gasteiger charge is 2.14. The van der Waals surface area contributed by atoms with Gasteiger partial charge in [-0.05, 0) is 6.42 Å². The van der Waals surface area contributed by atoms with Crippen molar-refractivity contribution >= 4 is 5.97 Å². The van der Waals surface area contributed by atoms with E-state index >= 15 is 0 Å². The number of carboxylic acid groups (broad SMARTS) is 1. The molecule has 0 aromatic rings. The van der Waals surface area contributed by atoms with Gasteiger partial charge in [-0.15, -0.1) is 0 Å². The van der Waals surface area contributed by atoms with Gasteiger partial charge in [0, 0.05) is 6.42 Å². The quantitative estimate of drug-likeness (QED) is 0.643. The van der Waals surface area contributed by atoms with E-state index in [1.54, 1.807) is 0 Å². The summed E-state index contributed by atoms with van der Waals surface area (Å²) >= 11 is 0. The maximum atomic E-state index is 10.1. The molecule has 0 radical (unpaired) electrons. The highest BCUT2D eigenvalue weighted by Crippen LogP contribution is 2.06. The average Bonchev–Trinajstić information content (AvgIpc) is 2.03. The van der Waals surface area contributed by atoms with Crippen LogP contribution in [0.3, 0.4) is 0 Å². The summed E-state index contributed by atoms with van der Waals surface area (Å²) in [6, 6.07) is 0. The molecule has 64 valence electrons. The van der Waals surface area contributed by atoms with Gasteiger partial charge in [0.15, 0.2) is 0 Å². The summed E-state index contributed by atoms with van der Waals surface area (Å²) in [6.07, 6.45) is 0.698. The molecule has 0 spiro atoms. The van der Waals surface area contributed by atoms with Crippen molar-refractivity contribution < 1.29 is 19.4 Å². The minimum absolute atomic E-state index is 0.0140. The summed E-state index contributed by atoms with van der Waals surface area (Å²) in [4.78, 5) is 10.1. The Labute approximate surface area is 65.1 Å². The van der Waals surface area contributed by atoms with Crippen LogP contribution in [0.15, 0.2) is 0 Å². The monoisotopic (exact) mass is 160 g/mol. The van der Waals surface area contributed by atoms with Crippen molar-refractivity contribution in [3.63, 3.8) is 0 Å². The van der Waals surface area contributed by atoms with Crippen LogP contribution in [0.25, 0.3) is 0 Å². The SMILES string of the molecule is O=C(O)CCC1COCCO1. The second kappa shape index (κ2) is 4.31. The molecule has 4 heteroatoms. The smallest absolute Gasteiger partial charge is 0.303 e. The molecule has 1 aliphatic rings. The zero-order chi connectivity index (χ0) is 8.10. The van der Waals surface area contributed by atoms with E-state index in [4.69, 9.17) is 14.6 Å². The van der Waals surface area contributed by atoms with Gasteiger partial charge >= 0.3 is 5.97 Å². The normalized spacial score (nSPS) is 24.9. The Morgan fingerprint density at radius 2 is 2.36 bits per heavy atom. The van der Waals surface area contributed by atoms with E-state index in [9.17, 15) is 4.79 Å². The second-order valence-corrected chi connectivity index (χ2v) is 2.50. The first-order chi connectivity index (χ1) is 5.29. The van der Waals surface area contributed by atoms with Crippen LogP contribution in [0.4, 0.5) is 0 Å². The third-order valence-electron chi connectivity index (χ3n) is 1.57. The van der Waals surface area contributed by atoms with Crippen LogP contribution in [0.1, 0.15) is 12.8 Å². The largest absolute Gasteiger partial charge is 0.481 e. The van der Waals surface area contributed by atoms with Gasteiger partial charge in [-0.1, -0.05) is 0 Å². The molecule has 1 N–H and O–H groups in total. The maximum absolute atomic E-state index is 10.1. The summed E-state index contributed by atoms with van der Waals surface area (Å²) < 4.78 is 10.3. The molecule has 11 heavy (non-hydrogen) atoms. The predicted octanol–water partition coefficient (Wildman–Crippen LogP) is 0.267. The number of hydrogen-bond acceptors (Lipinski definition) is 3. The van der Waals surface area contributed by atoms with Gasteiger partial charge in [-0.3, -0.25) is 4.79 Å². The van der Waals surface area contributed by atoms with Crippen LogP contribution >= 0.6 is 0 Å². The Kier molecular flexibility index (Phi) is 3.32. The van der Waals surface area contributed by atoms with Crippen LogP contribution in [-0.4, -0.2) is 37.0 Å². The molecule has 1 rings (SSSR count). The molecule has 1 aliphatic heterocycles. The third-order valence-corrected chi connectivity index (χ3v) is 1.57. The van der Waals surface area contributed by atoms with E-state index in [0.29, 0.717) is 26.2 Å². The van der Waals surface area contributed by atoms with Gasteiger partial charge in [0.05, 0.1) is 25.9 Å². The summed E-state index contributed by atoms with van der Waals surface area (Å²) in [5, 5.41) is 8.35. The third kappa shape index (κ3) is 3.34. The Morgan fingerprint density at radius 1 is 1.55 bits per heavy atom. The van der Waals surface area contributed by atoms with Crippen molar-refractivity contribution in [3.05, 3.63) is 0 Å². The topological polar surface area (TPSA) is 55.8 Å². The van der Waals surface area contributed by atoms with Crippen molar-refractivity contribution in [2.45, 2.75) is 18.9 Å². The molecule has 0 saturated carbocycles. The molecular weight excluding hydrogens is 148 g/mol. The van der Waals surface area contributed by atoms with E-state index in [-0.39, 0.29) is 12.5 Å². The minimum Gasteiger partial charge on any atom is -0.481 e. The molecule has 1 atom stereocenters. The first-order valence-electron chi connectivity index (χ1n) is 3.70. The van der Waals surface area contributed by atoms with Gasteiger partial charge in [0.25, 0.3) is 0 Å². The fraction of sp³-hybridized carbons (Fsp3) is 0.857. The van der Waals surface area contributed by atoms with Crippen LogP contribution < -0.4 is 0 Å². The van der Waals surface area contributed by atoms with Gasteiger partial charge in [-0.2, -0.15) is 0 Å². The van der Waals surface area contributed by atoms with E-state index in [0.717, 1.165) is 0 Å². The second-order valence-electron chi connectivity index (χ2n) is 2.50. The number of carbonyl (C=O) groups is 1. The van der Waals surface area contributed by atoms with Gasteiger partial charge in [0.1, 0.15) is 0 Å².